The fraction of sp³-hybridized carbons (Fsp3) is 0.375. The van der Waals surface area contributed by atoms with Crippen molar-refractivity contribution in [3.63, 3.8) is 0 Å². The maximum Gasteiger partial charge on any atom is 0.416 e. The van der Waals surface area contributed by atoms with Crippen molar-refractivity contribution in [2.75, 3.05) is 18.5 Å². The Morgan fingerprint density at radius 1 is 1.26 bits per heavy atom. The molecule has 0 radical (unpaired) electrons. The second kappa shape index (κ2) is 8.12. The average Bonchev–Trinajstić information content (AvgIpc) is 3.57. The predicted molar refractivity (Wildman–Crippen MR) is 120 cm³/mol. The van der Waals surface area contributed by atoms with Crippen LogP contribution >= 0.6 is 0 Å². The number of H-pyrrole nitrogens is 1. The highest BCUT2D eigenvalue weighted by molar-refractivity contribution is 5.95. The van der Waals surface area contributed by atoms with Gasteiger partial charge in [0.2, 0.25) is 0 Å². The SMILES string of the molecule is Cc1nc2cc(C(F)(F)F)c([C@H](C)Nc3ccc(C(=O)N4CCOC5CC54)cc3)cc2c(=O)[nH]1. The number of nitrogens with one attached hydrogen (secondary N) is 2. The van der Waals surface area contributed by atoms with E-state index in [4.69, 9.17) is 4.74 Å². The lowest BCUT2D eigenvalue weighted by molar-refractivity contribution is -0.138. The van der Waals surface area contributed by atoms with Crippen LogP contribution in [0, 0.1) is 6.92 Å². The van der Waals surface area contributed by atoms with E-state index in [2.05, 4.69) is 15.3 Å². The minimum Gasteiger partial charge on any atom is -0.379 e. The molecule has 1 aliphatic heterocycles. The fourth-order valence-corrected chi connectivity index (χ4v) is 4.51. The van der Waals surface area contributed by atoms with E-state index in [1.54, 1.807) is 31.2 Å². The van der Waals surface area contributed by atoms with Crippen molar-refractivity contribution in [2.45, 2.75) is 44.6 Å². The molecule has 5 rings (SSSR count). The maximum atomic E-state index is 13.8. The lowest BCUT2D eigenvalue weighted by Gasteiger charge is -2.27. The first-order valence-electron chi connectivity index (χ1n) is 11.0. The van der Waals surface area contributed by atoms with Gasteiger partial charge in [-0.1, -0.05) is 0 Å². The average molecular weight is 472 g/mol. The van der Waals surface area contributed by atoms with Crippen LogP contribution in [-0.4, -0.2) is 46.1 Å². The zero-order valence-corrected chi connectivity index (χ0v) is 18.6. The van der Waals surface area contributed by atoms with Crippen molar-refractivity contribution in [2.24, 2.45) is 0 Å². The Morgan fingerprint density at radius 3 is 2.71 bits per heavy atom. The molecule has 2 N–H and O–H groups in total. The van der Waals surface area contributed by atoms with Gasteiger partial charge in [-0.05, 0) is 62.2 Å². The molecule has 1 aliphatic carbocycles. The largest absolute Gasteiger partial charge is 0.416 e. The molecule has 1 amide bonds. The van der Waals surface area contributed by atoms with Gasteiger partial charge in [0.1, 0.15) is 5.82 Å². The van der Waals surface area contributed by atoms with E-state index in [-0.39, 0.29) is 40.3 Å². The number of aromatic nitrogens is 2. The Morgan fingerprint density at radius 2 is 2.00 bits per heavy atom. The van der Waals surface area contributed by atoms with Gasteiger partial charge in [-0.2, -0.15) is 13.2 Å². The molecule has 2 aromatic carbocycles. The number of alkyl halides is 3. The maximum absolute atomic E-state index is 13.8. The van der Waals surface area contributed by atoms with E-state index < -0.39 is 23.3 Å². The standard InChI is InChI=1S/C24H23F3N4O3/c1-12(16-9-17-19(10-18(16)24(25,26)27)29-13(2)30-22(17)32)28-15-5-3-14(4-6-15)23(33)31-7-8-34-21-11-20(21)31/h3-6,9-10,12,20-21,28H,7-8,11H2,1-2H3,(H,29,30,32)/t12-,20?,21?/m0/s1. The second-order valence-electron chi connectivity index (χ2n) is 8.76. The number of hydrogen-bond acceptors (Lipinski definition) is 5. The summed E-state index contributed by atoms with van der Waals surface area (Å²) in [6.07, 6.45) is -3.63. The first-order valence-corrected chi connectivity index (χ1v) is 11.0. The van der Waals surface area contributed by atoms with E-state index in [1.165, 1.54) is 13.0 Å². The Kier molecular flexibility index (Phi) is 5.35. The van der Waals surface area contributed by atoms with Gasteiger partial charge in [-0.15, -0.1) is 0 Å². The van der Waals surface area contributed by atoms with Gasteiger partial charge in [-0.3, -0.25) is 9.59 Å². The molecular weight excluding hydrogens is 449 g/mol. The molecule has 2 fully saturated rings. The summed E-state index contributed by atoms with van der Waals surface area (Å²) in [4.78, 5) is 33.5. The normalized spacial score (nSPS) is 20.7. The van der Waals surface area contributed by atoms with Gasteiger partial charge < -0.3 is 19.9 Å². The highest BCUT2D eigenvalue weighted by Gasteiger charge is 2.47. The number of hydrogen-bond donors (Lipinski definition) is 2. The molecule has 2 unspecified atom stereocenters. The van der Waals surface area contributed by atoms with Crippen LogP contribution in [0.4, 0.5) is 18.9 Å². The molecule has 2 aliphatic rings. The third-order valence-corrected chi connectivity index (χ3v) is 6.31. The van der Waals surface area contributed by atoms with Crippen LogP contribution in [0.1, 0.15) is 46.7 Å². The molecule has 10 heteroatoms. The van der Waals surface area contributed by atoms with E-state index in [0.29, 0.717) is 24.4 Å². The van der Waals surface area contributed by atoms with Crippen LogP contribution < -0.4 is 10.9 Å². The summed E-state index contributed by atoms with van der Waals surface area (Å²) in [6, 6.07) is 8.17. The Labute approximate surface area is 192 Å². The van der Waals surface area contributed by atoms with Crippen molar-refractivity contribution in [3.05, 3.63) is 69.3 Å². The summed E-state index contributed by atoms with van der Waals surface area (Å²) < 4.78 is 47.0. The summed E-state index contributed by atoms with van der Waals surface area (Å²) in [7, 11) is 0. The number of nitrogens with zero attached hydrogens (tertiary/aromatic N) is 2. The van der Waals surface area contributed by atoms with Crippen LogP contribution in [0.3, 0.4) is 0 Å². The van der Waals surface area contributed by atoms with Gasteiger partial charge in [0.05, 0.1) is 35.2 Å². The highest BCUT2D eigenvalue weighted by Crippen LogP contribution is 2.38. The van der Waals surface area contributed by atoms with Crippen LogP contribution in [-0.2, 0) is 10.9 Å². The summed E-state index contributed by atoms with van der Waals surface area (Å²) in [5.41, 5.74) is -0.345. The monoisotopic (exact) mass is 472 g/mol. The van der Waals surface area contributed by atoms with Crippen molar-refractivity contribution in [1.82, 2.24) is 14.9 Å². The third kappa shape index (κ3) is 4.13. The number of halogens is 3. The van der Waals surface area contributed by atoms with Crippen LogP contribution in [0.5, 0.6) is 0 Å². The number of aryl methyl sites for hydroxylation is 1. The number of ether oxygens (including phenoxy) is 1. The van der Waals surface area contributed by atoms with E-state index in [1.807, 2.05) is 4.90 Å². The van der Waals surface area contributed by atoms with E-state index >= 15 is 0 Å². The van der Waals surface area contributed by atoms with E-state index in [9.17, 15) is 22.8 Å². The minimum absolute atomic E-state index is 0.00611. The molecule has 34 heavy (non-hydrogen) atoms. The smallest absolute Gasteiger partial charge is 0.379 e. The molecule has 1 saturated carbocycles. The number of rotatable bonds is 4. The summed E-state index contributed by atoms with van der Waals surface area (Å²) in [6.45, 7) is 4.18. The molecule has 178 valence electrons. The first kappa shape index (κ1) is 22.4. The van der Waals surface area contributed by atoms with Crippen molar-refractivity contribution in [3.8, 4) is 0 Å². The minimum atomic E-state index is -4.62. The van der Waals surface area contributed by atoms with Crippen LogP contribution in [0.25, 0.3) is 10.9 Å². The number of aromatic amines is 1. The number of benzene rings is 2. The predicted octanol–water partition coefficient (Wildman–Crippen LogP) is 4.04. The fourth-order valence-electron chi connectivity index (χ4n) is 4.51. The molecule has 3 aromatic rings. The molecule has 1 saturated heterocycles. The third-order valence-electron chi connectivity index (χ3n) is 6.31. The molecule has 0 spiro atoms. The molecule has 7 nitrogen and oxygen atoms in total. The van der Waals surface area contributed by atoms with Crippen molar-refractivity contribution < 1.29 is 22.7 Å². The molecule has 2 heterocycles. The Balaban J connectivity index is 1.40. The molecule has 3 atom stereocenters. The lowest BCUT2D eigenvalue weighted by atomic mass is 9.98. The van der Waals surface area contributed by atoms with Gasteiger partial charge in [-0.25, -0.2) is 4.98 Å². The summed E-state index contributed by atoms with van der Waals surface area (Å²) in [5.74, 6) is 0.166. The summed E-state index contributed by atoms with van der Waals surface area (Å²) >= 11 is 0. The van der Waals surface area contributed by atoms with Crippen molar-refractivity contribution in [1.29, 1.82) is 0 Å². The topological polar surface area (TPSA) is 87.3 Å². The van der Waals surface area contributed by atoms with Gasteiger partial charge in [0, 0.05) is 23.8 Å². The Bertz CT molecular complexity index is 1320. The Hall–Kier alpha value is -3.40. The number of anilines is 1. The van der Waals surface area contributed by atoms with Gasteiger partial charge in [0.25, 0.3) is 11.5 Å². The molecule has 1 aromatic heterocycles. The zero-order chi connectivity index (χ0) is 24.2. The summed E-state index contributed by atoms with van der Waals surface area (Å²) in [5, 5.41) is 3.14. The van der Waals surface area contributed by atoms with E-state index in [0.717, 1.165) is 12.5 Å². The number of morpholine rings is 1. The first-order chi connectivity index (χ1) is 16.1. The zero-order valence-electron chi connectivity index (χ0n) is 18.6. The van der Waals surface area contributed by atoms with Crippen LogP contribution in [0.2, 0.25) is 0 Å². The van der Waals surface area contributed by atoms with Crippen molar-refractivity contribution >= 4 is 22.5 Å². The number of fused-ring (bicyclic) bond motifs is 2. The lowest BCUT2D eigenvalue weighted by Crippen LogP contribution is -2.41. The second-order valence-corrected chi connectivity index (χ2v) is 8.76. The number of carbonyl (C=O) groups is 1. The quantitative estimate of drug-likeness (QED) is 0.599. The molecular formula is C24H23F3N4O3. The van der Waals surface area contributed by atoms with Gasteiger partial charge >= 0.3 is 6.18 Å². The highest BCUT2D eigenvalue weighted by atomic mass is 19.4. The molecule has 0 bridgehead atoms. The number of amides is 1. The van der Waals surface area contributed by atoms with Gasteiger partial charge in [0.15, 0.2) is 0 Å². The number of carbonyl (C=O) groups excluding carboxylic acids is 1. The van der Waals surface area contributed by atoms with Crippen LogP contribution in [0.15, 0.2) is 41.2 Å².